The zero-order chi connectivity index (χ0) is 10.8. The number of hydrogen-bond acceptors (Lipinski definition) is 4. The zero-order valence-electron chi connectivity index (χ0n) is 8.95. The fraction of sp³-hybridized carbons (Fsp3) is 0.545. The molecule has 2 atom stereocenters. The molecule has 0 aliphatic carbocycles. The minimum absolute atomic E-state index is 0.189. The van der Waals surface area contributed by atoms with E-state index in [1.54, 1.807) is 0 Å². The molecule has 0 bridgehead atoms. The Morgan fingerprint density at radius 2 is 2.40 bits per heavy atom. The van der Waals surface area contributed by atoms with Gasteiger partial charge in [0.2, 0.25) is 0 Å². The lowest BCUT2D eigenvalue weighted by molar-refractivity contribution is -0.142. The van der Waals surface area contributed by atoms with Gasteiger partial charge in [0.05, 0.1) is 7.11 Å². The van der Waals surface area contributed by atoms with Gasteiger partial charge < -0.3 is 14.5 Å². The molecule has 0 spiro atoms. The third-order valence-electron chi connectivity index (χ3n) is 2.78. The van der Waals surface area contributed by atoms with Gasteiger partial charge in [-0.3, -0.25) is 4.79 Å². The first kappa shape index (κ1) is 10.2. The second-order valence-electron chi connectivity index (χ2n) is 3.87. The predicted octanol–water partition coefficient (Wildman–Crippen LogP) is 1.21. The van der Waals surface area contributed by atoms with Gasteiger partial charge in [0.25, 0.3) is 0 Å². The Morgan fingerprint density at radius 3 is 3.00 bits per heavy atom. The summed E-state index contributed by atoms with van der Waals surface area (Å²) in [5.41, 5.74) is 0. The Bertz CT molecular complexity index is 358. The average Bonchev–Trinajstić information content (AvgIpc) is 2.84. The van der Waals surface area contributed by atoms with E-state index in [-0.39, 0.29) is 17.9 Å². The quantitative estimate of drug-likeness (QED) is 0.744. The molecular weight excluding hydrogens is 194 g/mol. The Hall–Kier alpha value is -1.29. The molecule has 1 aliphatic rings. The maximum atomic E-state index is 11.3. The van der Waals surface area contributed by atoms with Gasteiger partial charge in [0, 0.05) is 12.5 Å². The van der Waals surface area contributed by atoms with Crippen molar-refractivity contribution in [3.63, 3.8) is 0 Å². The fourth-order valence-corrected chi connectivity index (χ4v) is 1.95. The Labute approximate surface area is 88.6 Å². The number of esters is 1. The van der Waals surface area contributed by atoms with E-state index in [0.717, 1.165) is 24.5 Å². The number of hydrogen-bond donors (Lipinski definition) is 1. The molecule has 1 N–H and O–H groups in total. The number of nitrogens with one attached hydrogen (secondary N) is 1. The summed E-state index contributed by atoms with van der Waals surface area (Å²) < 4.78 is 10.2. The summed E-state index contributed by atoms with van der Waals surface area (Å²) in [6, 6.07) is 3.73. The second-order valence-corrected chi connectivity index (χ2v) is 3.87. The third kappa shape index (κ3) is 2.04. The molecule has 1 aromatic rings. The molecule has 82 valence electrons. The summed E-state index contributed by atoms with van der Waals surface area (Å²) in [4.78, 5) is 11.3. The Kier molecular flexibility index (Phi) is 2.77. The highest BCUT2D eigenvalue weighted by Crippen LogP contribution is 2.27. The molecule has 4 heteroatoms. The number of furan rings is 1. The molecule has 2 unspecified atom stereocenters. The topological polar surface area (TPSA) is 51.5 Å². The average molecular weight is 209 g/mol. The van der Waals surface area contributed by atoms with E-state index < -0.39 is 0 Å². The summed E-state index contributed by atoms with van der Waals surface area (Å²) >= 11 is 0. The van der Waals surface area contributed by atoms with Gasteiger partial charge in [0.15, 0.2) is 0 Å². The third-order valence-corrected chi connectivity index (χ3v) is 2.78. The number of ether oxygens (including phenoxy) is 1. The normalized spacial score (nSPS) is 25.5. The largest absolute Gasteiger partial charge is 0.468 e. The molecule has 2 rings (SSSR count). The maximum Gasteiger partial charge on any atom is 0.322 e. The Balaban J connectivity index is 2.01. The van der Waals surface area contributed by atoms with Gasteiger partial charge in [-0.1, -0.05) is 0 Å². The van der Waals surface area contributed by atoms with Crippen molar-refractivity contribution >= 4 is 5.97 Å². The predicted molar refractivity (Wildman–Crippen MR) is 54.6 cm³/mol. The molecular formula is C11H15NO3. The van der Waals surface area contributed by atoms with Crippen molar-refractivity contribution in [1.82, 2.24) is 5.32 Å². The molecule has 4 nitrogen and oxygen atoms in total. The van der Waals surface area contributed by atoms with Gasteiger partial charge in [-0.25, -0.2) is 0 Å². The number of carbonyl (C=O) groups is 1. The highest BCUT2D eigenvalue weighted by atomic mass is 16.5. The van der Waals surface area contributed by atoms with Crippen LogP contribution in [0.4, 0.5) is 0 Å². The first-order valence-electron chi connectivity index (χ1n) is 5.08. The van der Waals surface area contributed by atoms with Crippen LogP contribution in [0.5, 0.6) is 0 Å². The molecule has 1 fully saturated rings. The van der Waals surface area contributed by atoms with Gasteiger partial charge in [-0.15, -0.1) is 0 Å². The van der Waals surface area contributed by atoms with Crippen molar-refractivity contribution < 1.29 is 13.9 Å². The lowest BCUT2D eigenvalue weighted by Crippen LogP contribution is -2.31. The molecule has 1 aliphatic heterocycles. The second kappa shape index (κ2) is 4.06. The van der Waals surface area contributed by atoms with E-state index in [1.807, 2.05) is 19.1 Å². The molecule has 0 amide bonds. The maximum absolute atomic E-state index is 11.3. The van der Waals surface area contributed by atoms with Gasteiger partial charge in [-0.05, 0) is 25.5 Å². The van der Waals surface area contributed by atoms with Crippen molar-refractivity contribution in [3.05, 3.63) is 23.7 Å². The number of aryl methyl sites for hydroxylation is 1. The minimum Gasteiger partial charge on any atom is -0.468 e. The number of rotatable bonds is 2. The smallest absolute Gasteiger partial charge is 0.322 e. The monoisotopic (exact) mass is 209 g/mol. The van der Waals surface area contributed by atoms with Crippen LogP contribution in [-0.2, 0) is 9.53 Å². The van der Waals surface area contributed by atoms with Gasteiger partial charge >= 0.3 is 5.97 Å². The van der Waals surface area contributed by atoms with Crippen molar-refractivity contribution in [1.29, 1.82) is 0 Å². The van der Waals surface area contributed by atoms with Crippen LogP contribution in [0.25, 0.3) is 0 Å². The molecule has 0 saturated carbocycles. The van der Waals surface area contributed by atoms with Crippen LogP contribution in [0.15, 0.2) is 16.5 Å². The van der Waals surface area contributed by atoms with Crippen LogP contribution >= 0.6 is 0 Å². The van der Waals surface area contributed by atoms with E-state index in [9.17, 15) is 4.79 Å². The summed E-state index contributed by atoms with van der Waals surface area (Å²) in [7, 11) is 1.41. The highest BCUT2D eigenvalue weighted by Gasteiger charge is 2.32. The lowest BCUT2D eigenvalue weighted by atomic mass is 10.0. The minimum atomic E-state index is -0.194. The molecule has 1 aromatic heterocycles. The molecule has 1 saturated heterocycles. The van der Waals surface area contributed by atoms with Crippen LogP contribution in [0.3, 0.4) is 0 Å². The van der Waals surface area contributed by atoms with Crippen molar-refractivity contribution in [2.45, 2.75) is 25.3 Å². The van der Waals surface area contributed by atoms with Crippen molar-refractivity contribution in [2.24, 2.45) is 0 Å². The van der Waals surface area contributed by atoms with E-state index >= 15 is 0 Å². The van der Waals surface area contributed by atoms with E-state index in [0.29, 0.717) is 0 Å². The van der Waals surface area contributed by atoms with Crippen LogP contribution < -0.4 is 5.32 Å². The van der Waals surface area contributed by atoms with Crippen LogP contribution in [0.2, 0.25) is 0 Å². The summed E-state index contributed by atoms with van der Waals surface area (Å²) in [5.74, 6) is 1.95. The summed E-state index contributed by atoms with van der Waals surface area (Å²) in [5, 5.41) is 3.13. The van der Waals surface area contributed by atoms with Crippen LogP contribution in [-0.4, -0.2) is 25.7 Å². The summed E-state index contributed by atoms with van der Waals surface area (Å²) in [6.07, 6.45) is 0.750. The number of methoxy groups -OCH3 is 1. The van der Waals surface area contributed by atoms with Crippen LogP contribution in [0, 0.1) is 6.92 Å². The SMILES string of the molecule is COC(=O)C1CC(c2ccc(C)o2)CN1. The lowest BCUT2D eigenvalue weighted by Gasteiger charge is -2.06. The molecule has 2 heterocycles. The van der Waals surface area contributed by atoms with Crippen molar-refractivity contribution in [3.8, 4) is 0 Å². The standard InChI is InChI=1S/C11H15NO3/c1-7-3-4-10(15-7)8-5-9(12-6-8)11(13)14-2/h3-4,8-9,12H,5-6H2,1-2H3. The first-order chi connectivity index (χ1) is 7.20. The highest BCUT2D eigenvalue weighted by molar-refractivity contribution is 5.76. The Morgan fingerprint density at radius 1 is 1.60 bits per heavy atom. The fourth-order valence-electron chi connectivity index (χ4n) is 1.95. The first-order valence-corrected chi connectivity index (χ1v) is 5.08. The molecule has 15 heavy (non-hydrogen) atoms. The number of carbonyl (C=O) groups excluding carboxylic acids is 1. The van der Waals surface area contributed by atoms with Gasteiger partial charge in [-0.2, -0.15) is 0 Å². The van der Waals surface area contributed by atoms with E-state index in [1.165, 1.54) is 7.11 Å². The van der Waals surface area contributed by atoms with E-state index in [2.05, 4.69) is 5.32 Å². The van der Waals surface area contributed by atoms with Gasteiger partial charge in [0.1, 0.15) is 17.6 Å². The van der Waals surface area contributed by atoms with Crippen LogP contribution in [0.1, 0.15) is 23.9 Å². The van der Waals surface area contributed by atoms with Crippen molar-refractivity contribution in [2.75, 3.05) is 13.7 Å². The molecule has 0 aromatic carbocycles. The van der Waals surface area contributed by atoms with E-state index in [4.69, 9.17) is 9.15 Å². The molecule has 0 radical (unpaired) electrons. The summed E-state index contributed by atoms with van der Waals surface area (Å²) in [6.45, 7) is 2.69. The zero-order valence-corrected chi connectivity index (χ0v) is 8.95.